The highest BCUT2D eigenvalue weighted by molar-refractivity contribution is 5.81. The lowest BCUT2D eigenvalue weighted by Crippen LogP contribution is -2.51. The maximum Gasteiger partial charge on any atom is 0.426 e. The van der Waals surface area contributed by atoms with E-state index in [-0.39, 0.29) is 35.5 Å². The van der Waals surface area contributed by atoms with Gasteiger partial charge in [-0.3, -0.25) is 9.59 Å². The van der Waals surface area contributed by atoms with Crippen LogP contribution >= 0.6 is 0 Å². The summed E-state index contributed by atoms with van der Waals surface area (Å²) < 4.78 is 68.9. The van der Waals surface area contributed by atoms with Gasteiger partial charge < -0.3 is 10.6 Å². The number of benzene rings is 2. The average Bonchev–Trinajstić information content (AvgIpc) is 3.28. The quantitative estimate of drug-likeness (QED) is 0.474. The molecule has 2 aromatic carbocycles. The molecular formula is C30H33F5N2O2. The van der Waals surface area contributed by atoms with Crippen LogP contribution in [0, 0.1) is 17.7 Å². The lowest BCUT2D eigenvalue weighted by atomic mass is 9.63. The zero-order valence-electron chi connectivity index (χ0n) is 21.9. The van der Waals surface area contributed by atoms with Gasteiger partial charge in [0.15, 0.2) is 0 Å². The van der Waals surface area contributed by atoms with Gasteiger partial charge in [0.1, 0.15) is 5.82 Å². The SMILES string of the molecule is CC(F)(c1ccc2c(c1)CC[C@H]1N(C(=O)[C@H]3CC[C@H](C(N)=O)CC3)CC[C@@]21Cc1ccc(F)cc1)C(F)(F)F. The Bertz CT molecular complexity index is 1250. The molecule has 0 spiro atoms. The number of primary amides is 1. The Kier molecular flexibility index (Phi) is 7.00. The highest BCUT2D eigenvalue weighted by atomic mass is 19.4. The normalized spacial score (nSPS) is 28.4. The van der Waals surface area contributed by atoms with E-state index in [1.54, 1.807) is 18.2 Å². The molecule has 2 N–H and O–H groups in total. The van der Waals surface area contributed by atoms with Crippen LogP contribution in [0.4, 0.5) is 22.0 Å². The van der Waals surface area contributed by atoms with E-state index in [9.17, 15) is 31.5 Å². The van der Waals surface area contributed by atoms with Crippen molar-refractivity contribution < 1.29 is 31.5 Å². The Morgan fingerprint density at radius 3 is 2.23 bits per heavy atom. The van der Waals surface area contributed by atoms with Crippen molar-refractivity contribution in [2.75, 3.05) is 6.54 Å². The van der Waals surface area contributed by atoms with Gasteiger partial charge in [0, 0.05) is 29.8 Å². The minimum atomic E-state index is -5.05. The van der Waals surface area contributed by atoms with Crippen LogP contribution in [0.5, 0.6) is 0 Å². The van der Waals surface area contributed by atoms with Gasteiger partial charge in [-0.15, -0.1) is 0 Å². The Morgan fingerprint density at radius 1 is 0.974 bits per heavy atom. The van der Waals surface area contributed by atoms with Gasteiger partial charge in [0.25, 0.3) is 0 Å². The van der Waals surface area contributed by atoms with Crippen molar-refractivity contribution in [3.63, 3.8) is 0 Å². The minimum absolute atomic E-state index is 0.0392. The van der Waals surface area contributed by atoms with Gasteiger partial charge in [-0.25, -0.2) is 8.78 Å². The number of aryl methyl sites for hydroxylation is 1. The molecule has 39 heavy (non-hydrogen) atoms. The smallest absolute Gasteiger partial charge is 0.369 e. The monoisotopic (exact) mass is 548 g/mol. The second kappa shape index (κ2) is 9.89. The molecule has 1 saturated carbocycles. The van der Waals surface area contributed by atoms with Gasteiger partial charge in [0.2, 0.25) is 17.5 Å². The average molecular weight is 549 g/mol. The summed E-state index contributed by atoms with van der Waals surface area (Å²) in [6.45, 7) is 1.03. The third-order valence-electron chi connectivity index (χ3n) is 9.41. The van der Waals surface area contributed by atoms with E-state index in [1.165, 1.54) is 24.3 Å². The number of hydrogen-bond donors (Lipinski definition) is 1. The molecule has 1 heterocycles. The van der Waals surface area contributed by atoms with Crippen LogP contribution in [-0.2, 0) is 33.5 Å². The number of rotatable bonds is 5. The molecule has 2 amide bonds. The lowest BCUT2D eigenvalue weighted by Gasteiger charge is -2.45. The molecule has 0 aromatic heterocycles. The largest absolute Gasteiger partial charge is 0.426 e. The molecular weight excluding hydrogens is 515 g/mol. The number of alkyl halides is 4. The fourth-order valence-corrected chi connectivity index (χ4v) is 7.11. The maximum atomic E-state index is 14.9. The number of carbonyl (C=O) groups excluding carboxylic acids is 2. The second-order valence-corrected chi connectivity index (χ2v) is 11.6. The zero-order valence-corrected chi connectivity index (χ0v) is 21.9. The van der Waals surface area contributed by atoms with E-state index in [2.05, 4.69) is 0 Å². The van der Waals surface area contributed by atoms with E-state index in [0.29, 0.717) is 70.4 Å². The first-order chi connectivity index (χ1) is 18.3. The number of likely N-dealkylation sites (tertiary alicyclic amines) is 1. The number of halogens is 5. The van der Waals surface area contributed by atoms with Crippen LogP contribution in [0.1, 0.15) is 67.7 Å². The fraction of sp³-hybridized carbons (Fsp3) is 0.533. The zero-order chi connectivity index (χ0) is 28.2. The minimum Gasteiger partial charge on any atom is -0.369 e. The van der Waals surface area contributed by atoms with E-state index >= 15 is 0 Å². The molecule has 0 radical (unpaired) electrons. The molecule has 4 nitrogen and oxygen atoms in total. The summed E-state index contributed by atoms with van der Waals surface area (Å²) in [7, 11) is 0. The summed E-state index contributed by atoms with van der Waals surface area (Å²) in [6, 6.07) is 10.1. The van der Waals surface area contributed by atoms with Crippen LogP contribution in [0.2, 0.25) is 0 Å². The first-order valence-electron chi connectivity index (χ1n) is 13.6. The molecule has 9 heteroatoms. The summed E-state index contributed by atoms with van der Waals surface area (Å²) in [5.74, 6) is -1.08. The number of fused-ring (bicyclic) bond motifs is 3. The fourth-order valence-electron chi connectivity index (χ4n) is 7.11. The molecule has 2 aromatic rings. The van der Waals surface area contributed by atoms with Gasteiger partial charge in [-0.1, -0.05) is 30.3 Å². The van der Waals surface area contributed by atoms with E-state index < -0.39 is 22.8 Å². The third kappa shape index (κ3) is 4.82. The van der Waals surface area contributed by atoms with Crippen molar-refractivity contribution in [1.29, 1.82) is 0 Å². The Morgan fingerprint density at radius 2 is 1.62 bits per heavy atom. The molecule has 1 unspecified atom stereocenters. The van der Waals surface area contributed by atoms with Gasteiger partial charge in [-0.2, -0.15) is 13.2 Å². The molecule has 3 aliphatic rings. The van der Waals surface area contributed by atoms with Crippen LogP contribution < -0.4 is 5.73 Å². The van der Waals surface area contributed by atoms with Gasteiger partial charge in [-0.05, 0) is 92.7 Å². The molecule has 1 aliphatic heterocycles. The van der Waals surface area contributed by atoms with Crippen molar-refractivity contribution >= 4 is 11.8 Å². The van der Waals surface area contributed by atoms with Crippen molar-refractivity contribution in [1.82, 2.24) is 4.90 Å². The van der Waals surface area contributed by atoms with Crippen molar-refractivity contribution in [3.8, 4) is 0 Å². The van der Waals surface area contributed by atoms with Gasteiger partial charge in [0.05, 0.1) is 0 Å². The number of nitrogens with zero attached hydrogens (tertiary/aromatic N) is 1. The summed E-state index contributed by atoms with van der Waals surface area (Å²) in [4.78, 5) is 27.3. The van der Waals surface area contributed by atoms with Crippen LogP contribution in [0.15, 0.2) is 42.5 Å². The first-order valence-corrected chi connectivity index (χ1v) is 13.6. The highest BCUT2D eigenvalue weighted by Gasteiger charge is 2.56. The molecule has 5 rings (SSSR count). The topological polar surface area (TPSA) is 63.4 Å². The standard InChI is InChI=1S/C30H33F5N2O2/c1-28(32,30(33,34)35)22-9-12-24-21(16-22)8-13-25-29(24,17-18-2-10-23(31)11-3-18)14-15-37(25)27(39)20-6-4-19(5-7-20)26(36)38/h2-3,9-12,16,19-20,25H,4-8,13-15,17H2,1H3,(H2,36,38)/t19-,20-,25-,28?,29-/m1/s1. The maximum absolute atomic E-state index is 14.9. The van der Waals surface area contributed by atoms with Gasteiger partial charge >= 0.3 is 6.18 Å². The number of nitrogens with two attached hydrogens (primary N) is 1. The summed E-state index contributed by atoms with van der Waals surface area (Å²) in [5, 5.41) is 0. The molecule has 210 valence electrons. The molecule has 1 saturated heterocycles. The highest BCUT2D eigenvalue weighted by Crippen LogP contribution is 2.51. The Labute approximate surface area is 224 Å². The Balaban J connectivity index is 1.49. The number of hydrogen-bond acceptors (Lipinski definition) is 2. The molecule has 3 atom stereocenters. The van der Waals surface area contributed by atoms with Crippen molar-refractivity contribution in [2.24, 2.45) is 17.6 Å². The Hall–Kier alpha value is -2.97. The predicted molar refractivity (Wildman–Crippen MR) is 136 cm³/mol. The third-order valence-corrected chi connectivity index (χ3v) is 9.41. The molecule has 0 bridgehead atoms. The van der Waals surface area contributed by atoms with Crippen molar-refractivity contribution in [3.05, 3.63) is 70.5 Å². The van der Waals surface area contributed by atoms with E-state index in [0.717, 1.165) is 11.1 Å². The number of carbonyl (C=O) groups is 2. The summed E-state index contributed by atoms with van der Waals surface area (Å²) >= 11 is 0. The van der Waals surface area contributed by atoms with Crippen LogP contribution in [-0.4, -0.2) is 35.5 Å². The first kappa shape index (κ1) is 27.6. The van der Waals surface area contributed by atoms with Crippen LogP contribution in [0.3, 0.4) is 0 Å². The van der Waals surface area contributed by atoms with Crippen molar-refractivity contribution in [2.45, 2.75) is 81.6 Å². The lowest BCUT2D eigenvalue weighted by molar-refractivity contribution is -0.228. The van der Waals surface area contributed by atoms with Crippen LogP contribution in [0.25, 0.3) is 0 Å². The molecule has 2 fully saturated rings. The molecule has 2 aliphatic carbocycles. The van der Waals surface area contributed by atoms with E-state index in [1.807, 2.05) is 4.90 Å². The summed E-state index contributed by atoms with van der Waals surface area (Å²) in [5.41, 5.74) is 3.32. The second-order valence-electron chi connectivity index (χ2n) is 11.6. The number of amides is 2. The van der Waals surface area contributed by atoms with E-state index in [4.69, 9.17) is 5.73 Å². The predicted octanol–water partition coefficient (Wildman–Crippen LogP) is 5.89. The summed E-state index contributed by atoms with van der Waals surface area (Å²) in [6.07, 6.45) is -0.672.